The highest BCUT2D eigenvalue weighted by molar-refractivity contribution is 5.80. The first kappa shape index (κ1) is 22.2. The van der Waals surface area contributed by atoms with Crippen LogP contribution in [0.25, 0.3) is 16.7 Å². The minimum absolute atomic E-state index is 0.00758. The monoisotopic (exact) mass is 454 g/mol. The Hall–Kier alpha value is -3.57. The molecule has 5 heteroatoms. The van der Waals surface area contributed by atoms with Gasteiger partial charge >= 0.3 is 6.03 Å². The standard InChI is InChI=1S/C29H30N2O3/c1-34-28-12-8-20(9-13-28)18-30-29(33)31-26-10-11-27(31)17-25(16-26)24-7-3-6-23(15-24)22-5-2-4-21(14-22)19-32/h2-9,12-16,26-27,32H,10-11,17-19H2,1H3,(H,30,33). The maximum atomic E-state index is 13.0. The lowest BCUT2D eigenvalue weighted by atomic mass is 9.92. The number of aliphatic hydroxyl groups excluding tert-OH is 1. The Bertz CT molecular complexity index is 1200. The van der Waals surface area contributed by atoms with Gasteiger partial charge in [0, 0.05) is 12.6 Å². The second-order valence-corrected chi connectivity index (χ2v) is 9.05. The van der Waals surface area contributed by atoms with Gasteiger partial charge in [0.1, 0.15) is 5.75 Å². The molecule has 0 aliphatic carbocycles. The first-order valence-corrected chi connectivity index (χ1v) is 11.8. The van der Waals surface area contributed by atoms with E-state index < -0.39 is 0 Å². The van der Waals surface area contributed by atoms with Crippen molar-refractivity contribution in [3.05, 3.63) is 95.6 Å². The zero-order valence-corrected chi connectivity index (χ0v) is 19.4. The van der Waals surface area contributed by atoms with Crippen LogP contribution in [0.15, 0.2) is 78.9 Å². The van der Waals surface area contributed by atoms with Crippen LogP contribution < -0.4 is 10.1 Å². The first-order valence-electron chi connectivity index (χ1n) is 11.8. The van der Waals surface area contributed by atoms with E-state index in [1.165, 1.54) is 11.1 Å². The number of ether oxygens (including phenoxy) is 1. The molecule has 3 aromatic rings. The molecule has 2 unspecified atom stereocenters. The van der Waals surface area contributed by atoms with E-state index in [0.29, 0.717) is 6.54 Å². The number of nitrogens with one attached hydrogen (secondary N) is 1. The van der Waals surface area contributed by atoms with Crippen molar-refractivity contribution in [2.24, 2.45) is 0 Å². The summed E-state index contributed by atoms with van der Waals surface area (Å²) in [7, 11) is 1.65. The molecule has 0 spiro atoms. The van der Waals surface area contributed by atoms with Crippen molar-refractivity contribution < 1.29 is 14.6 Å². The van der Waals surface area contributed by atoms with Crippen LogP contribution in [0.1, 0.15) is 36.0 Å². The van der Waals surface area contributed by atoms with Crippen LogP contribution in [-0.4, -0.2) is 35.2 Å². The summed E-state index contributed by atoms with van der Waals surface area (Å²) in [5, 5.41) is 12.6. The molecule has 2 aliphatic rings. The van der Waals surface area contributed by atoms with Crippen molar-refractivity contribution in [2.45, 2.75) is 44.5 Å². The highest BCUT2D eigenvalue weighted by Gasteiger charge is 2.39. The lowest BCUT2D eigenvalue weighted by Gasteiger charge is -2.34. The summed E-state index contributed by atoms with van der Waals surface area (Å²) in [5.74, 6) is 0.812. The van der Waals surface area contributed by atoms with Crippen molar-refractivity contribution in [3.63, 3.8) is 0 Å². The van der Waals surface area contributed by atoms with Crippen molar-refractivity contribution in [2.75, 3.05) is 7.11 Å². The third kappa shape index (κ3) is 4.57. The van der Waals surface area contributed by atoms with E-state index in [2.05, 4.69) is 41.7 Å². The van der Waals surface area contributed by atoms with Crippen molar-refractivity contribution >= 4 is 11.6 Å². The van der Waals surface area contributed by atoms with Gasteiger partial charge in [-0.25, -0.2) is 4.79 Å². The van der Waals surface area contributed by atoms with Gasteiger partial charge in [-0.2, -0.15) is 0 Å². The molecule has 2 heterocycles. The van der Waals surface area contributed by atoms with Crippen LogP contribution in [0, 0.1) is 0 Å². The minimum atomic E-state index is 0.00758. The van der Waals surface area contributed by atoms with Crippen molar-refractivity contribution in [1.29, 1.82) is 0 Å². The highest BCUT2D eigenvalue weighted by atomic mass is 16.5. The zero-order valence-electron chi connectivity index (χ0n) is 19.4. The van der Waals surface area contributed by atoms with Gasteiger partial charge in [-0.15, -0.1) is 0 Å². The fraction of sp³-hybridized carbons (Fsp3) is 0.276. The number of fused-ring (bicyclic) bond motifs is 2. The molecular weight excluding hydrogens is 424 g/mol. The van der Waals surface area contributed by atoms with Gasteiger partial charge in [-0.1, -0.05) is 54.6 Å². The fourth-order valence-electron chi connectivity index (χ4n) is 5.12. The molecule has 2 amide bonds. The van der Waals surface area contributed by atoms with Crippen LogP contribution in [0.5, 0.6) is 5.75 Å². The van der Waals surface area contributed by atoms with Gasteiger partial charge < -0.3 is 20.1 Å². The summed E-state index contributed by atoms with van der Waals surface area (Å²) in [4.78, 5) is 15.1. The Morgan fingerprint density at radius 1 is 0.971 bits per heavy atom. The first-order chi connectivity index (χ1) is 16.6. The molecule has 0 aromatic heterocycles. The third-order valence-corrected chi connectivity index (χ3v) is 6.91. The molecule has 5 nitrogen and oxygen atoms in total. The molecule has 1 saturated heterocycles. The number of hydrogen-bond donors (Lipinski definition) is 2. The van der Waals surface area contributed by atoms with E-state index in [4.69, 9.17) is 4.74 Å². The quantitative estimate of drug-likeness (QED) is 0.525. The maximum absolute atomic E-state index is 13.0. The minimum Gasteiger partial charge on any atom is -0.497 e. The summed E-state index contributed by atoms with van der Waals surface area (Å²) in [5.41, 5.74) is 6.73. The van der Waals surface area contributed by atoms with E-state index in [-0.39, 0.29) is 24.7 Å². The predicted molar refractivity (Wildman–Crippen MR) is 134 cm³/mol. The summed E-state index contributed by atoms with van der Waals surface area (Å²) in [6.45, 7) is 0.544. The molecule has 0 radical (unpaired) electrons. The Kier molecular flexibility index (Phi) is 6.37. The predicted octanol–water partition coefficient (Wildman–Crippen LogP) is 5.38. The summed E-state index contributed by atoms with van der Waals surface area (Å²) in [6, 6.07) is 24.7. The molecule has 2 N–H and O–H groups in total. The number of benzene rings is 3. The number of hydrogen-bond acceptors (Lipinski definition) is 3. The Morgan fingerprint density at radius 3 is 2.44 bits per heavy atom. The van der Waals surface area contributed by atoms with Gasteiger partial charge in [0.2, 0.25) is 0 Å². The Morgan fingerprint density at radius 2 is 1.71 bits per heavy atom. The Balaban J connectivity index is 1.29. The zero-order chi connectivity index (χ0) is 23.5. The second-order valence-electron chi connectivity index (χ2n) is 9.05. The van der Waals surface area contributed by atoms with Crippen molar-refractivity contribution in [1.82, 2.24) is 10.2 Å². The number of aliphatic hydroxyl groups is 1. The SMILES string of the molecule is COc1ccc(CNC(=O)N2C3C=C(c4cccc(-c5cccc(CO)c5)c4)CC2CC3)cc1. The second kappa shape index (κ2) is 9.74. The van der Waals surface area contributed by atoms with E-state index in [1.54, 1.807) is 7.11 Å². The third-order valence-electron chi connectivity index (χ3n) is 6.91. The van der Waals surface area contributed by atoms with E-state index >= 15 is 0 Å². The van der Waals surface area contributed by atoms with Crippen LogP contribution >= 0.6 is 0 Å². The number of carbonyl (C=O) groups is 1. The van der Waals surface area contributed by atoms with Gasteiger partial charge in [-0.05, 0) is 76.9 Å². The molecule has 5 rings (SSSR count). The highest BCUT2D eigenvalue weighted by Crippen LogP contribution is 2.39. The van der Waals surface area contributed by atoms with E-state index in [1.807, 2.05) is 47.4 Å². The number of nitrogens with zero attached hydrogens (tertiary/aromatic N) is 1. The van der Waals surface area contributed by atoms with Gasteiger partial charge in [0.05, 0.1) is 19.8 Å². The van der Waals surface area contributed by atoms with Crippen LogP contribution in [-0.2, 0) is 13.2 Å². The molecule has 1 fully saturated rings. The van der Waals surface area contributed by atoms with Crippen LogP contribution in [0.3, 0.4) is 0 Å². The van der Waals surface area contributed by atoms with Crippen LogP contribution in [0.2, 0.25) is 0 Å². The topological polar surface area (TPSA) is 61.8 Å². The molecule has 2 atom stereocenters. The molecule has 2 bridgehead atoms. The van der Waals surface area contributed by atoms with Crippen LogP contribution in [0.4, 0.5) is 4.79 Å². The van der Waals surface area contributed by atoms with Gasteiger partial charge in [-0.3, -0.25) is 0 Å². The Labute approximate surface area is 200 Å². The average Bonchev–Trinajstić information content (AvgIpc) is 3.16. The van der Waals surface area contributed by atoms with E-state index in [9.17, 15) is 9.90 Å². The normalized spacial score (nSPS) is 19.0. The maximum Gasteiger partial charge on any atom is 0.318 e. The van der Waals surface area contributed by atoms with Gasteiger partial charge in [0.25, 0.3) is 0 Å². The number of amides is 2. The summed E-state index contributed by atoms with van der Waals surface area (Å²) >= 11 is 0. The average molecular weight is 455 g/mol. The molecule has 3 aromatic carbocycles. The number of rotatable bonds is 6. The van der Waals surface area contributed by atoms with Gasteiger partial charge in [0.15, 0.2) is 0 Å². The lowest BCUT2D eigenvalue weighted by molar-refractivity contribution is 0.179. The molecular formula is C29H30N2O3. The smallest absolute Gasteiger partial charge is 0.318 e. The number of methoxy groups -OCH3 is 1. The summed E-state index contributed by atoms with van der Waals surface area (Å²) < 4.78 is 5.20. The fourth-order valence-corrected chi connectivity index (χ4v) is 5.12. The largest absolute Gasteiger partial charge is 0.497 e. The molecule has 0 saturated carbocycles. The molecule has 2 aliphatic heterocycles. The summed E-state index contributed by atoms with van der Waals surface area (Å²) in [6.07, 6.45) is 5.17. The van der Waals surface area contributed by atoms with Crippen molar-refractivity contribution in [3.8, 4) is 16.9 Å². The molecule has 34 heavy (non-hydrogen) atoms. The number of urea groups is 1. The lowest BCUT2D eigenvalue weighted by Crippen LogP contribution is -2.48. The van der Waals surface area contributed by atoms with E-state index in [0.717, 1.165) is 47.3 Å². The molecule has 174 valence electrons. The number of carbonyl (C=O) groups excluding carboxylic acids is 1.